The molecule has 0 saturated heterocycles. The number of anilines is 2. The first kappa shape index (κ1) is 21.2. The first-order chi connectivity index (χ1) is 17.7. The van der Waals surface area contributed by atoms with Crippen molar-refractivity contribution in [3.05, 3.63) is 73.2 Å². The molecule has 0 bridgehead atoms. The van der Waals surface area contributed by atoms with E-state index >= 15 is 0 Å². The van der Waals surface area contributed by atoms with Gasteiger partial charge in [-0.25, -0.2) is 19.6 Å². The lowest BCUT2D eigenvalue weighted by Crippen LogP contribution is -2.22. The Kier molecular flexibility index (Phi) is 5.04. The van der Waals surface area contributed by atoms with Crippen molar-refractivity contribution >= 4 is 22.5 Å². The molecule has 2 aliphatic carbocycles. The number of hydrogen-bond acceptors (Lipinski definition) is 6. The number of hydrogen-bond donors (Lipinski definition) is 0. The van der Waals surface area contributed by atoms with Gasteiger partial charge in [-0.2, -0.15) is 10.2 Å². The fraction of sp³-hybridized carbons (Fsp3) is 0.321. The standard InChI is InChI=1S/C28H28N8/c1-19-30-18-36(33-19)25-11-9-24(10-12-25)35(16-21-7-8-21)28-29-13-22-3-2-4-26(27(22)32-28)23-14-31-34(17-23)15-20-5-6-20/h2-4,9-14,17-18,20-21H,5-8,15-16H2,1H3. The predicted molar refractivity (Wildman–Crippen MR) is 139 cm³/mol. The van der Waals surface area contributed by atoms with E-state index in [4.69, 9.17) is 9.97 Å². The van der Waals surface area contributed by atoms with Crippen LogP contribution in [0.4, 0.5) is 11.6 Å². The third-order valence-electron chi connectivity index (χ3n) is 7.10. The minimum atomic E-state index is 0.679. The molecule has 5 aromatic rings. The summed E-state index contributed by atoms with van der Waals surface area (Å²) in [6.07, 6.45) is 13.0. The Labute approximate surface area is 209 Å². The molecule has 0 radical (unpaired) electrons. The van der Waals surface area contributed by atoms with E-state index in [1.807, 2.05) is 19.3 Å². The van der Waals surface area contributed by atoms with Crippen molar-refractivity contribution in [1.29, 1.82) is 0 Å². The van der Waals surface area contributed by atoms with Crippen LogP contribution in [-0.4, -0.2) is 41.1 Å². The zero-order valence-corrected chi connectivity index (χ0v) is 20.3. The van der Waals surface area contributed by atoms with Crippen LogP contribution < -0.4 is 4.90 Å². The highest BCUT2D eigenvalue weighted by atomic mass is 15.3. The molecule has 180 valence electrons. The summed E-state index contributed by atoms with van der Waals surface area (Å²) in [6, 6.07) is 14.7. The summed E-state index contributed by atoms with van der Waals surface area (Å²) in [7, 11) is 0. The van der Waals surface area contributed by atoms with E-state index < -0.39 is 0 Å². The Morgan fingerprint density at radius 3 is 2.53 bits per heavy atom. The van der Waals surface area contributed by atoms with Crippen LogP contribution in [0, 0.1) is 18.8 Å². The molecule has 0 aliphatic heterocycles. The zero-order valence-electron chi connectivity index (χ0n) is 20.3. The topological polar surface area (TPSA) is 77.5 Å². The Balaban J connectivity index is 1.25. The monoisotopic (exact) mass is 476 g/mol. The van der Waals surface area contributed by atoms with E-state index in [2.05, 4.69) is 73.4 Å². The van der Waals surface area contributed by atoms with Gasteiger partial charge in [-0.15, -0.1) is 0 Å². The second kappa shape index (κ2) is 8.55. The highest BCUT2D eigenvalue weighted by Gasteiger charge is 2.27. The van der Waals surface area contributed by atoms with Crippen LogP contribution in [0.2, 0.25) is 0 Å². The van der Waals surface area contributed by atoms with Crippen LogP contribution in [0.25, 0.3) is 27.7 Å². The molecular weight excluding hydrogens is 448 g/mol. The number of aryl methyl sites for hydroxylation is 1. The first-order valence-electron chi connectivity index (χ1n) is 12.7. The molecule has 0 N–H and O–H groups in total. The maximum atomic E-state index is 5.13. The third kappa shape index (κ3) is 4.23. The number of nitrogens with zero attached hydrogens (tertiary/aromatic N) is 8. The zero-order chi connectivity index (χ0) is 24.1. The molecule has 2 aromatic carbocycles. The fourth-order valence-corrected chi connectivity index (χ4v) is 4.69. The van der Waals surface area contributed by atoms with Crippen molar-refractivity contribution in [2.24, 2.45) is 11.8 Å². The molecule has 36 heavy (non-hydrogen) atoms. The third-order valence-corrected chi connectivity index (χ3v) is 7.10. The van der Waals surface area contributed by atoms with Crippen molar-refractivity contribution in [3.63, 3.8) is 0 Å². The summed E-state index contributed by atoms with van der Waals surface area (Å²) in [4.78, 5) is 16.4. The van der Waals surface area contributed by atoms with Crippen molar-refractivity contribution in [2.45, 2.75) is 39.2 Å². The average molecular weight is 477 g/mol. The lowest BCUT2D eigenvalue weighted by molar-refractivity contribution is 0.563. The Morgan fingerprint density at radius 1 is 0.944 bits per heavy atom. The van der Waals surface area contributed by atoms with Crippen LogP contribution >= 0.6 is 0 Å². The Morgan fingerprint density at radius 2 is 1.78 bits per heavy atom. The minimum absolute atomic E-state index is 0.679. The molecule has 0 unspecified atom stereocenters. The van der Waals surface area contributed by atoms with Crippen molar-refractivity contribution in [1.82, 2.24) is 34.5 Å². The normalized spacial score (nSPS) is 15.5. The van der Waals surface area contributed by atoms with Crippen molar-refractivity contribution in [2.75, 3.05) is 11.4 Å². The molecule has 7 rings (SSSR count). The van der Waals surface area contributed by atoms with Crippen LogP contribution in [0.5, 0.6) is 0 Å². The molecule has 2 saturated carbocycles. The van der Waals surface area contributed by atoms with E-state index in [0.29, 0.717) is 5.92 Å². The fourth-order valence-electron chi connectivity index (χ4n) is 4.69. The van der Waals surface area contributed by atoms with Gasteiger partial charge in [-0.1, -0.05) is 18.2 Å². The van der Waals surface area contributed by atoms with Gasteiger partial charge in [-0.05, 0) is 68.7 Å². The molecule has 0 spiro atoms. The van der Waals surface area contributed by atoms with E-state index in [9.17, 15) is 0 Å². The summed E-state index contributed by atoms with van der Waals surface area (Å²) >= 11 is 0. The van der Waals surface area contributed by atoms with Crippen LogP contribution in [0.15, 0.2) is 67.4 Å². The first-order valence-corrected chi connectivity index (χ1v) is 12.7. The summed E-state index contributed by atoms with van der Waals surface area (Å²) in [5.41, 5.74) is 5.23. The molecule has 3 aromatic heterocycles. The molecule has 2 aliphatic rings. The maximum Gasteiger partial charge on any atom is 0.230 e. The molecule has 0 atom stereocenters. The van der Waals surface area contributed by atoms with Crippen LogP contribution in [-0.2, 0) is 6.54 Å². The lowest BCUT2D eigenvalue weighted by Gasteiger charge is -2.23. The van der Waals surface area contributed by atoms with E-state index in [1.54, 1.807) is 11.0 Å². The van der Waals surface area contributed by atoms with E-state index in [-0.39, 0.29) is 0 Å². The molecular formula is C28H28N8. The van der Waals surface area contributed by atoms with Gasteiger partial charge in [0.2, 0.25) is 5.95 Å². The predicted octanol–water partition coefficient (Wildman–Crippen LogP) is 5.34. The quantitative estimate of drug-likeness (QED) is 0.301. The Hall–Kier alpha value is -4.07. The van der Waals surface area contributed by atoms with Gasteiger partial charge in [0.25, 0.3) is 0 Å². The van der Waals surface area contributed by atoms with Crippen LogP contribution in [0.1, 0.15) is 31.5 Å². The summed E-state index contributed by atoms with van der Waals surface area (Å²) in [6.45, 7) is 3.81. The molecule has 8 nitrogen and oxygen atoms in total. The second-order valence-electron chi connectivity index (χ2n) is 10.1. The summed E-state index contributed by atoms with van der Waals surface area (Å²) in [5, 5.41) is 10.1. The van der Waals surface area contributed by atoms with Gasteiger partial charge in [0.15, 0.2) is 0 Å². The van der Waals surface area contributed by atoms with Gasteiger partial charge in [0, 0.05) is 47.7 Å². The smallest absolute Gasteiger partial charge is 0.230 e. The van der Waals surface area contributed by atoms with Gasteiger partial charge < -0.3 is 4.90 Å². The molecule has 3 heterocycles. The summed E-state index contributed by atoms with van der Waals surface area (Å²) < 4.78 is 3.87. The number of benzene rings is 2. The van der Waals surface area contributed by atoms with Crippen molar-refractivity contribution in [3.8, 4) is 16.8 Å². The van der Waals surface area contributed by atoms with E-state index in [1.165, 1.54) is 25.7 Å². The molecule has 0 amide bonds. The summed E-state index contributed by atoms with van der Waals surface area (Å²) in [5.74, 6) is 2.96. The highest BCUT2D eigenvalue weighted by molar-refractivity contribution is 5.93. The van der Waals surface area contributed by atoms with Gasteiger partial charge >= 0.3 is 0 Å². The number of aromatic nitrogens is 7. The SMILES string of the molecule is Cc1ncn(-c2ccc(N(CC3CC3)c3ncc4cccc(-c5cnn(CC6CC6)c5)c4n3)cc2)n1. The van der Waals surface area contributed by atoms with Crippen molar-refractivity contribution < 1.29 is 0 Å². The van der Waals surface area contributed by atoms with Crippen LogP contribution in [0.3, 0.4) is 0 Å². The molecule has 8 heteroatoms. The number of para-hydroxylation sites is 1. The van der Waals surface area contributed by atoms with Gasteiger partial charge in [0.05, 0.1) is 17.4 Å². The second-order valence-corrected chi connectivity index (χ2v) is 10.1. The highest BCUT2D eigenvalue weighted by Crippen LogP contribution is 2.36. The lowest BCUT2D eigenvalue weighted by atomic mass is 10.1. The number of fused-ring (bicyclic) bond motifs is 1. The maximum absolute atomic E-state index is 5.13. The van der Waals surface area contributed by atoms with E-state index in [0.717, 1.165) is 64.2 Å². The largest absolute Gasteiger partial charge is 0.310 e. The average Bonchev–Trinajstić information content (AvgIpc) is 3.82. The van der Waals surface area contributed by atoms with Gasteiger partial charge in [0.1, 0.15) is 12.2 Å². The van der Waals surface area contributed by atoms with Gasteiger partial charge in [-0.3, -0.25) is 4.68 Å². The molecule has 2 fully saturated rings. The Bertz CT molecular complexity index is 1530. The minimum Gasteiger partial charge on any atom is -0.310 e. The number of rotatable bonds is 8.